The van der Waals surface area contributed by atoms with Crippen LogP contribution < -0.4 is 0 Å². The van der Waals surface area contributed by atoms with E-state index in [4.69, 9.17) is 0 Å². The Morgan fingerprint density at radius 3 is 1.08 bits per heavy atom. The fourth-order valence-corrected chi connectivity index (χ4v) is 2.02. The van der Waals surface area contributed by atoms with Gasteiger partial charge in [0.05, 0.1) is 0 Å². The van der Waals surface area contributed by atoms with Gasteiger partial charge in [0.25, 0.3) is 0 Å². The highest BCUT2D eigenvalue weighted by Gasteiger charge is 1.91. The van der Waals surface area contributed by atoms with Crippen molar-refractivity contribution in [3.63, 3.8) is 0 Å². The van der Waals surface area contributed by atoms with Gasteiger partial charge in [0.1, 0.15) is 0 Å². The highest BCUT2D eigenvalue weighted by molar-refractivity contribution is 5.88. The maximum atomic E-state index is 10.7. The first-order chi connectivity index (χ1) is 11.0. The molecule has 0 rings (SSSR count). The Kier molecular flexibility index (Phi) is 15.2. The number of carbonyl (C=O) groups is 2. The maximum Gasteiger partial charge on any atom is 0.152 e. The van der Waals surface area contributed by atoms with Crippen molar-refractivity contribution >= 4 is 11.6 Å². The van der Waals surface area contributed by atoms with E-state index in [1.807, 2.05) is 13.8 Å². The van der Waals surface area contributed by atoms with Crippen molar-refractivity contribution in [1.82, 2.24) is 0 Å². The molecule has 0 saturated carbocycles. The summed E-state index contributed by atoms with van der Waals surface area (Å²) in [6, 6.07) is 0. The standard InChI is InChI=1S/2C11H18O/c2*1-9(2)6-5-7-10(3)8-11(4)12/h2*6,8H,5,7H2,1-4H3/b10-8+;10-8-. The molecule has 0 aromatic rings. The number of hydrogen-bond donors (Lipinski definition) is 0. The molecule has 0 N–H and O–H groups in total. The van der Waals surface area contributed by atoms with Crippen LogP contribution >= 0.6 is 0 Å². The van der Waals surface area contributed by atoms with Crippen molar-refractivity contribution in [2.24, 2.45) is 0 Å². The Balaban J connectivity index is 0. The first kappa shape index (κ1) is 24.6. The second-order valence-electron chi connectivity index (χ2n) is 6.84. The predicted molar refractivity (Wildman–Crippen MR) is 106 cm³/mol. The minimum absolute atomic E-state index is 0.143. The van der Waals surface area contributed by atoms with Crippen LogP contribution in [0.5, 0.6) is 0 Å². The Morgan fingerprint density at radius 1 is 0.583 bits per heavy atom. The molecule has 0 aliphatic carbocycles. The number of rotatable bonds is 8. The lowest BCUT2D eigenvalue weighted by atomic mass is 10.1. The van der Waals surface area contributed by atoms with E-state index in [2.05, 4.69) is 39.8 Å². The quantitative estimate of drug-likeness (QED) is 0.374. The van der Waals surface area contributed by atoms with E-state index in [1.165, 1.54) is 22.3 Å². The smallest absolute Gasteiger partial charge is 0.152 e. The summed E-state index contributed by atoms with van der Waals surface area (Å²) in [5, 5.41) is 0. The Morgan fingerprint density at radius 2 is 0.875 bits per heavy atom. The fraction of sp³-hybridized carbons (Fsp3) is 0.545. The van der Waals surface area contributed by atoms with Crippen molar-refractivity contribution in [3.8, 4) is 0 Å². The second kappa shape index (κ2) is 14.9. The van der Waals surface area contributed by atoms with Crippen LogP contribution in [0.15, 0.2) is 46.6 Å². The first-order valence-corrected chi connectivity index (χ1v) is 8.66. The van der Waals surface area contributed by atoms with Gasteiger partial charge in [-0.25, -0.2) is 0 Å². The normalized spacial score (nSPS) is 11.2. The molecule has 0 amide bonds. The van der Waals surface area contributed by atoms with Gasteiger partial charge in [0, 0.05) is 0 Å². The molecule has 2 heteroatoms. The van der Waals surface area contributed by atoms with E-state index in [0.717, 1.165) is 25.7 Å². The molecule has 0 fully saturated rings. The van der Waals surface area contributed by atoms with Crippen LogP contribution in [-0.4, -0.2) is 11.6 Å². The molecule has 0 unspecified atom stereocenters. The van der Waals surface area contributed by atoms with Gasteiger partial charge in [-0.05, 0) is 93.2 Å². The molecule has 0 bridgehead atoms. The van der Waals surface area contributed by atoms with Crippen LogP contribution in [-0.2, 0) is 9.59 Å². The van der Waals surface area contributed by atoms with Gasteiger partial charge in [-0.3, -0.25) is 9.59 Å². The topological polar surface area (TPSA) is 34.1 Å². The van der Waals surface area contributed by atoms with E-state index < -0.39 is 0 Å². The zero-order chi connectivity index (χ0) is 19.1. The lowest BCUT2D eigenvalue weighted by Gasteiger charge is -1.96. The third kappa shape index (κ3) is 22.6. The van der Waals surface area contributed by atoms with Crippen LogP contribution in [0.1, 0.15) is 81.1 Å². The Labute approximate surface area is 149 Å². The summed E-state index contributed by atoms with van der Waals surface area (Å²) in [6.45, 7) is 15.5. The molecule has 0 heterocycles. The zero-order valence-corrected chi connectivity index (χ0v) is 17.0. The van der Waals surface area contributed by atoms with Crippen molar-refractivity contribution in [2.45, 2.75) is 81.1 Å². The fourth-order valence-electron chi connectivity index (χ4n) is 2.02. The predicted octanol–water partition coefficient (Wildman–Crippen LogP) is 6.54. The molecule has 0 aromatic carbocycles. The molecule has 2 nitrogen and oxygen atoms in total. The summed E-state index contributed by atoms with van der Waals surface area (Å²) in [7, 11) is 0. The van der Waals surface area contributed by atoms with Gasteiger partial charge in [-0.2, -0.15) is 0 Å². The molecule has 136 valence electrons. The lowest BCUT2D eigenvalue weighted by Crippen LogP contribution is -1.85. The molecular weight excluding hydrogens is 296 g/mol. The highest BCUT2D eigenvalue weighted by Crippen LogP contribution is 2.07. The molecule has 24 heavy (non-hydrogen) atoms. The minimum Gasteiger partial charge on any atom is -0.295 e. The SMILES string of the molecule is CC(=O)/C=C(/C)CCC=C(C)C.CC(=O)/C=C(\C)CCC=C(C)C. The van der Waals surface area contributed by atoms with Crippen LogP contribution in [0.3, 0.4) is 0 Å². The summed E-state index contributed by atoms with van der Waals surface area (Å²) >= 11 is 0. The lowest BCUT2D eigenvalue weighted by molar-refractivity contribution is -0.113. The summed E-state index contributed by atoms with van der Waals surface area (Å²) < 4.78 is 0. The Hall–Kier alpha value is -1.70. The van der Waals surface area contributed by atoms with Crippen LogP contribution in [0.4, 0.5) is 0 Å². The van der Waals surface area contributed by atoms with E-state index in [-0.39, 0.29) is 11.6 Å². The second-order valence-corrected chi connectivity index (χ2v) is 6.84. The van der Waals surface area contributed by atoms with Crippen LogP contribution in [0.2, 0.25) is 0 Å². The van der Waals surface area contributed by atoms with Gasteiger partial charge in [-0.1, -0.05) is 34.4 Å². The molecule has 0 aromatic heterocycles. The van der Waals surface area contributed by atoms with Crippen molar-refractivity contribution in [3.05, 3.63) is 46.6 Å². The molecule has 0 radical (unpaired) electrons. The van der Waals surface area contributed by atoms with Crippen LogP contribution in [0.25, 0.3) is 0 Å². The maximum absolute atomic E-state index is 10.7. The van der Waals surface area contributed by atoms with E-state index in [1.54, 1.807) is 26.0 Å². The van der Waals surface area contributed by atoms with Crippen LogP contribution in [0, 0.1) is 0 Å². The molecule has 0 aliphatic rings. The molecule has 0 atom stereocenters. The summed E-state index contributed by atoms with van der Waals surface area (Å²) in [5.74, 6) is 0.286. The minimum atomic E-state index is 0.143. The summed E-state index contributed by atoms with van der Waals surface area (Å²) in [5.41, 5.74) is 5.01. The average molecular weight is 333 g/mol. The monoisotopic (exact) mass is 332 g/mol. The third-order valence-electron chi connectivity index (χ3n) is 3.08. The largest absolute Gasteiger partial charge is 0.295 e. The zero-order valence-electron chi connectivity index (χ0n) is 17.0. The third-order valence-corrected chi connectivity index (χ3v) is 3.08. The van der Waals surface area contributed by atoms with Gasteiger partial charge in [-0.15, -0.1) is 0 Å². The summed E-state index contributed by atoms with van der Waals surface area (Å²) in [6.07, 6.45) is 11.9. The van der Waals surface area contributed by atoms with Crippen molar-refractivity contribution in [2.75, 3.05) is 0 Å². The van der Waals surface area contributed by atoms with Gasteiger partial charge < -0.3 is 0 Å². The van der Waals surface area contributed by atoms with Crippen molar-refractivity contribution in [1.29, 1.82) is 0 Å². The molecular formula is C22H36O2. The number of ketones is 2. The number of allylic oxidation sites excluding steroid dienone is 8. The van der Waals surface area contributed by atoms with E-state index in [0.29, 0.717) is 0 Å². The van der Waals surface area contributed by atoms with E-state index >= 15 is 0 Å². The average Bonchev–Trinajstić information content (AvgIpc) is 2.36. The molecule has 0 spiro atoms. The number of carbonyl (C=O) groups excluding carboxylic acids is 2. The molecule has 0 aliphatic heterocycles. The highest BCUT2D eigenvalue weighted by atomic mass is 16.1. The van der Waals surface area contributed by atoms with E-state index in [9.17, 15) is 9.59 Å². The molecule has 0 saturated heterocycles. The van der Waals surface area contributed by atoms with Gasteiger partial charge in [0.15, 0.2) is 11.6 Å². The van der Waals surface area contributed by atoms with Gasteiger partial charge >= 0.3 is 0 Å². The Bertz CT molecular complexity index is 458. The van der Waals surface area contributed by atoms with Gasteiger partial charge in [0.2, 0.25) is 0 Å². The van der Waals surface area contributed by atoms with Crippen molar-refractivity contribution < 1.29 is 9.59 Å². The summed E-state index contributed by atoms with van der Waals surface area (Å²) in [4.78, 5) is 21.3. The first-order valence-electron chi connectivity index (χ1n) is 8.66. The number of hydrogen-bond acceptors (Lipinski definition) is 2.